The molecular formula is C18H12F4N4O2S. The molecule has 29 heavy (non-hydrogen) atoms. The average molecular weight is 424 g/mol. The van der Waals surface area contributed by atoms with E-state index in [-0.39, 0.29) is 10.5 Å². The molecule has 0 fully saturated rings. The van der Waals surface area contributed by atoms with Crippen LogP contribution in [0.4, 0.5) is 17.6 Å². The molecule has 0 aliphatic carbocycles. The number of pyridine rings is 1. The second-order valence-electron chi connectivity index (χ2n) is 6.29. The fraction of sp³-hybridized carbons (Fsp3) is 0.111. The summed E-state index contributed by atoms with van der Waals surface area (Å²) in [5.74, 6) is -2.17. The van der Waals surface area contributed by atoms with Crippen molar-refractivity contribution in [2.75, 3.05) is 0 Å². The lowest BCUT2D eigenvalue weighted by atomic mass is 10.1. The number of sulfone groups is 1. The number of nitrogens with one attached hydrogen (secondary N) is 2. The molecule has 11 heteroatoms. The van der Waals surface area contributed by atoms with Gasteiger partial charge in [0.1, 0.15) is 11.5 Å². The van der Waals surface area contributed by atoms with E-state index in [9.17, 15) is 26.0 Å². The molecule has 2 N–H and O–H groups in total. The van der Waals surface area contributed by atoms with Crippen LogP contribution in [0.5, 0.6) is 0 Å². The molecule has 0 aliphatic heterocycles. The van der Waals surface area contributed by atoms with E-state index in [1.54, 1.807) is 18.3 Å². The summed E-state index contributed by atoms with van der Waals surface area (Å²) in [4.78, 5) is 6.84. The summed E-state index contributed by atoms with van der Waals surface area (Å²) >= 11 is 0. The predicted octanol–water partition coefficient (Wildman–Crippen LogP) is 4.08. The molecule has 0 spiro atoms. The van der Waals surface area contributed by atoms with Crippen LogP contribution in [0.2, 0.25) is 0 Å². The molecule has 0 atom stereocenters. The highest BCUT2D eigenvalue weighted by molar-refractivity contribution is 7.90. The van der Waals surface area contributed by atoms with Crippen LogP contribution in [0.15, 0.2) is 53.7 Å². The number of benzene rings is 1. The minimum atomic E-state index is -4.85. The van der Waals surface area contributed by atoms with E-state index in [1.165, 1.54) is 12.3 Å². The van der Waals surface area contributed by atoms with Gasteiger partial charge in [0, 0.05) is 17.8 Å². The quantitative estimate of drug-likeness (QED) is 0.483. The maximum Gasteiger partial charge on any atom is 0.419 e. The van der Waals surface area contributed by atoms with Crippen molar-refractivity contribution < 1.29 is 26.0 Å². The van der Waals surface area contributed by atoms with Crippen molar-refractivity contribution in [2.45, 2.75) is 16.8 Å². The highest BCUT2D eigenvalue weighted by Crippen LogP contribution is 2.32. The molecule has 0 amide bonds. The third-order valence-electron chi connectivity index (χ3n) is 4.30. The van der Waals surface area contributed by atoms with Crippen molar-refractivity contribution in [1.29, 1.82) is 0 Å². The van der Waals surface area contributed by atoms with Crippen molar-refractivity contribution in [3.63, 3.8) is 0 Å². The summed E-state index contributed by atoms with van der Waals surface area (Å²) in [5, 5.41) is 7.54. The summed E-state index contributed by atoms with van der Waals surface area (Å²) in [7, 11) is -3.93. The zero-order chi connectivity index (χ0) is 20.8. The lowest BCUT2D eigenvalue weighted by Crippen LogP contribution is -2.10. The van der Waals surface area contributed by atoms with Crippen molar-refractivity contribution in [3.8, 4) is 11.4 Å². The predicted molar refractivity (Wildman–Crippen MR) is 96.0 cm³/mol. The Labute approximate surface area is 161 Å². The number of hydrogen-bond acceptors (Lipinski definition) is 4. The Morgan fingerprint density at radius 1 is 1.10 bits per heavy atom. The molecule has 3 aromatic heterocycles. The largest absolute Gasteiger partial charge is 0.419 e. The summed E-state index contributed by atoms with van der Waals surface area (Å²) < 4.78 is 77.0. The summed E-state index contributed by atoms with van der Waals surface area (Å²) in [6.45, 7) is 0. The fourth-order valence-corrected chi connectivity index (χ4v) is 4.25. The Bertz CT molecular complexity index is 1310. The number of fused-ring (bicyclic) bond motifs is 1. The van der Waals surface area contributed by atoms with Gasteiger partial charge in [0.2, 0.25) is 0 Å². The van der Waals surface area contributed by atoms with Crippen LogP contribution in [-0.4, -0.2) is 28.6 Å². The number of aromatic amines is 2. The van der Waals surface area contributed by atoms with Gasteiger partial charge in [0.15, 0.2) is 15.5 Å². The van der Waals surface area contributed by atoms with Gasteiger partial charge >= 0.3 is 6.18 Å². The number of halogens is 4. The first-order valence-electron chi connectivity index (χ1n) is 8.21. The van der Waals surface area contributed by atoms with Crippen LogP contribution in [0, 0.1) is 5.82 Å². The van der Waals surface area contributed by atoms with Crippen molar-refractivity contribution >= 4 is 20.9 Å². The monoisotopic (exact) mass is 424 g/mol. The van der Waals surface area contributed by atoms with Gasteiger partial charge in [0.05, 0.1) is 21.9 Å². The topological polar surface area (TPSA) is 91.5 Å². The lowest BCUT2D eigenvalue weighted by molar-refractivity contribution is -0.140. The van der Waals surface area contributed by atoms with Gasteiger partial charge in [-0.15, -0.1) is 0 Å². The first-order chi connectivity index (χ1) is 13.6. The molecular weight excluding hydrogens is 412 g/mol. The van der Waals surface area contributed by atoms with Gasteiger partial charge in [-0.25, -0.2) is 17.8 Å². The minimum absolute atomic E-state index is 0.0900. The number of nitrogens with zero attached hydrogens (tertiary/aromatic N) is 2. The normalized spacial score (nSPS) is 12.6. The second-order valence-corrected chi connectivity index (χ2v) is 8.28. The second kappa shape index (κ2) is 6.69. The highest BCUT2D eigenvalue weighted by atomic mass is 32.2. The first kappa shape index (κ1) is 19.1. The van der Waals surface area contributed by atoms with E-state index in [2.05, 4.69) is 20.2 Å². The molecule has 0 unspecified atom stereocenters. The summed E-state index contributed by atoms with van der Waals surface area (Å²) in [5.41, 5.74) is -0.118. The number of aromatic nitrogens is 4. The van der Waals surface area contributed by atoms with Crippen molar-refractivity contribution in [2.24, 2.45) is 0 Å². The van der Waals surface area contributed by atoms with Crippen LogP contribution < -0.4 is 0 Å². The fourth-order valence-electron chi connectivity index (χ4n) is 2.93. The Morgan fingerprint density at radius 2 is 1.90 bits per heavy atom. The molecule has 0 radical (unpaired) electrons. The van der Waals surface area contributed by atoms with E-state index in [0.29, 0.717) is 34.6 Å². The Hall–Kier alpha value is -3.21. The molecule has 4 rings (SSSR count). The first-order valence-corrected chi connectivity index (χ1v) is 9.86. The standard InChI is InChI=1S/C18H12F4N4O2S/c19-14-6-10(3-4-13(14)18(20,21)22)9-29(27,28)11-7-15(24-8-11)16-12-2-1-5-23-17(12)26-25-16/h1-8,24H,9H2,(H,23,25,26). The van der Waals surface area contributed by atoms with E-state index in [1.807, 2.05) is 0 Å². The molecule has 0 saturated heterocycles. The maximum atomic E-state index is 13.7. The Kier molecular flexibility index (Phi) is 4.41. The van der Waals surface area contributed by atoms with Crippen molar-refractivity contribution in [3.05, 3.63) is 65.7 Å². The number of rotatable bonds is 4. The third kappa shape index (κ3) is 3.60. The van der Waals surface area contributed by atoms with Gasteiger partial charge in [0.25, 0.3) is 0 Å². The molecule has 0 aliphatic rings. The summed E-state index contributed by atoms with van der Waals surface area (Å²) in [6, 6.07) is 6.90. The van der Waals surface area contributed by atoms with Crippen molar-refractivity contribution in [1.82, 2.24) is 20.2 Å². The van der Waals surface area contributed by atoms with E-state index in [0.717, 1.165) is 6.07 Å². The lowest BCUT2D eigenvalue weighted by Gasteiger charge is -2.09. The zero-order valence-corrected chi connectivity index (χ0v) is 15.3. The number of H-pyrrole nitrogens is 2. The molecule has 1 aromatic carbocycles. The number of hydrogen-bond donors (Lipinski definition) is 2. The number of alkyl halides is 3. The molecule has 150 valence electrons. The highest BCUT2D eigenvalue weighted by Gasteiger charge is 2.34. The van der Waals surface area contributed by atoms with Crippen LogP contribution >= 0.6 is 0 Å². The molecule has 0 saturated carbocycles. The van der Waals surface area contributed by atoms with Gasteiger partial charge in [-0.3, -0.25) is 5.10 Å². The van der Waals surface area contributed by atoms with E-state index >= 15 is 0 Å². The Morgan fingerprint density at radius 3 is 2.62 bits per heavy atom. The van der Waals surface area contributed by atoms with Gasteiger partial charge in [-0.1, -0.05) is 6.07 Å². The SMILES string of the molecule is O=S(=O)(Cc1ccc(C(F)(F)F)c(F)c1)c1c[nH]c(-c2n[nH]c3ncccc23)c1. The molecule has 4 aromatic rings. The van der Waals surface area contributed by atoms with E-state index < -0.39 is 33.1 Å². The van der Waals surface area contributed by atoms with Gasteiger partial charge < -0.3 is 4.98 Å². The van der Waals surface area contributed by atoms with Crippen LogP contribution in [0.1, 0.15) is 11.1 Å². The van der Waals surface area contributed by atoms with Crippen LogP contribution in [0.25, 0.3) is 22.4 Å². The van der Waals surface area contributed by atoms with Crippen LogP contribution in [-0.2, 0) is 21.8 Å². The van der Waals surface area contributed by atoms with Gasteiger partial charge in [-0.05, 0) is 35.9 Å². The van der Waals surface area contributed by atoms with E-state index in [4.69, 9.17) is 0 Å². The maximum absolute atomic E-state index is 13.7. The molecule has 0 bridgehead atoms. The summed E-state index contributed by atoms with van der Waals surface area (Å²) in [6.07, 6.45) is -2.02. The zero-order valence-electron chi connectivity index (χ0n) is 14.5. The van der Waals surface area contributed by atoms with Crippen LogP contribution in [0.3, 0.4) is 0 Å². The third-order valence-corrected chi connectivity index (χ3v) is 5.97. The molecule has 6 nitrogen and oxygen atoms in total. The van der Waals surface area contributed by atoms with Gasteiger partial charge in [-0.2, -0.15) is 18.3 Å². The molecule has 3 heterocycles. The smallest absolute Gasteiger partial charge is 0.359 e. The average Bonchev–Trinajstić information content (AvgIpc) is 3.27. The minimum Gasteiger partial charge on any atom is -0.359 e. The Balaban J connectivity index is 1.63.